The van der Waals surface area contributed by atoms with E-state index in [0.29, 0.717) is 0 Å². The van der Waals surface area contributed by atoms with E-state index < -0.39 is 0 Å². The van der Waals surface area contributed by atoms with Crippen molar-refractivity contribution in [3.05, 3.63) is 71.8 Å². The van der Waals surface area contributed by atoms with Gasteiger partial charge in [-0.3, -0.25) is 0 Å². The van der Waals surface area contributed by atoms with Crippen LogP contribution in [0.2, 0.25) is 0 Å². The number of rotatable bonds is 6. The van der Waals surface area contributed by atoms with Gasteiger partial charge in [-0.15, -0.1) is 0 Å². The molecule has 0 heterocycles. The van der Waals surface area contributed by atoms with Gasteiger partial charge in [0.1, 0.15) is 0 Å². The van der Waals surface area contributed by atoms with Gasteiger partial charge in [0, 0.05) is 5.75 Å². The Bertz CT molecular complexity index is 527. The van der Waals surface area contributed by atoms with Crippen LogP contribution in [0.4, 0.5) is 0 Å². The molecule has 0 nitrogen and oxygen atoms in total. The van der Waals surface area contributed by atoms with Crippen LogP contribution in [0, 0.1) is 0 Å². The van der Waals surface area contributed by atoms with E-state index in [0.717, 1.165) is 17.7 Å². The van der Waals surface area contributed by atoms with Gasteiger partial charge in [-0.05, 0) is 49.5 Å². The molecule has 0 atom stereocenters. The van der Waals surface area contributed by atoms with Gasteiger partial charge < -0.3 is 0 Å². The van der Waals surface area contributed by atoms with E-state index in [1.165, 1.54) is 22.3 Å². The van der Waals surface area contributed by atoms with Gasteiger partial charge in [0.15, 0.2) is 0 Å². The predicted octanol–water partition coefficient (Wildman–Crippen LogP) is 5.95. The first-order valence-corrected chi connectivity index (χ1v) is 7.58. The van der Waals surface area contributed by atoms with Gasteiger partial charge in [-0.1, -0.05) is 60.7 Å². The van der Waals surface area contributed by atoms with E-state index in [4.69, 9.17) is 0 Å². The normalized spacial score (nSPS) is 13.0. The quantitative estimate of drug-likeness (QED) is 0.373. The minimum atomic E-state index is 0.782. The average molecular weight is 284 g/mol. The van der Waals surface area contributed by atoms with Crippen molar-refractivity contribution in [1.29, 1.82) is 0 Å². The lowest BCUT2D eigenvalue weighted by molar-refractivity contribution is 1.32. The molecule has 0 radical (unpaired) electrons. The zero-order valence-electron chi connectivity index (χ0n) is 12.7. The van der Waals surface area contributed by atoms with Crippen LogP contribution in [-0.4, -0.2) is 5.75 Å². The molecule has 0 saturated carbocycles. The minimum Gasteiger partial charge on any atom is -0.175 e. The Morgan fingerprint density at radius 2 is 1.70 bits per heavy atom. The lowest BCUT2D eigenvalue weighted by Gasteiger charge is -2.10. The number of thiol groups is 1. The van der Waals surface area contributed by atoms with Gasteiger partial charge in [0.05, 0.1) is 0 Å². The summed E-state index contributed by atoms with van der Waals surface area (Å²) in [6.45, 7) is 10.2. The Labute approximate surface area is 129 Å². The van der Waals surface area contributed by atoms with Crippen molar-refractivity contribution in [3.8, 4) is 0 Å². The fourth-order valence-electron chi connectivity index (χ4n) is 2.09. The van der Waals surface area contributed by atoms with Crippen LogP contribution in [0.15, 0.2) is 60.7 Å². The molecule has 0 bridgehead atoms. The van der Waals surface area contributed by atoms with Crippen LogP contribution in [0.5, 0.6) is 0 Å². The van der Waals surface area contributed by atoms with E-state index in [1.54, 1.807) is 0 Å². The van der Waals surface area contributed by atoms with Crippen LogP contribution in [0.1, 0.15) is 38.3 Å². The molecule has 0 amide bonds. The molecule has 20 heavy (non-hydrogen) atoms. The van der Waals surface area contributed by atoms with Gasteiger partial charge in [0.25, 0.3) is 0 Å². The maximum atomic E-state index is 4.21. The summed E-state index contributed by atoms with van der Waals surface area (Å²) in [6, 6.07) is 8.65. The largest absolute Gasteiger partial charge is 0.175 e. The standard InChI is InChI=1S/C19H24S/c1-5-8-16(4)19(9-6-7-14-20)18-12-10-17(11-13-18)15(2)3/h5-8,10-13,20H,2,9,14H2,1,3-4H3/b7-6+,8-5+,19-16+. The van der Waals surface area contributed by atoms with Crippen molar-refractivity contribution in [2.24, 2.45) is 0 Å². The van der Waals surface area contributed by atoms with E-state index in [9.17, 15) is 0 Å². The molecule has 0 aromatic heterocycles. The average Bonchev–Trinajstić information content (AvgIpc) is 2.44. The van der Waals surface area contributed by atoms with Crippen molar-refractivity contribution in [3.63, 3.8) is 0 Å². The minimum absolute atomic E-state index is 0.782. The molecular formula is C19H24S. The van der Waals surface area contributed by atoms with Gasteiger partial charge in [-0.2, -0.15) is 12.6 Å². The second-order valence-corrected chi connectivity index (χ2v) is 5.24. The van der Waals surface area contributed by atoms with Crippen LogP contribution in [0.25, 0.3) is 11.1 Å². The van der Waals surface area contributed by atoms with Crippen LogP contribution in [-0.2, 0) is 0 Å². The molecule has 106 valence electrons. The smallest absolute Gasteiger partial charge is 0.00826 e. The van der Waals surface area contributed by atoms with E-state index in [-0.39, 0.29) is 0 Å². The summed E-state index contributed by atoms with van der Waals surface area (Å²) in [4.78, 5) is 0. The molecule has 1 rings (SSSR count). The molecule has 0 aliphatic carbocycles. The summed E-state index contributed by atoms with van der Waals surface area (Å²) in [6.07, 6.45) is 9.45. The lowest BCUT2D eigenvalue weighted by atomic mass is 9.95. The summed E-state index contributed by atoms with van der Waals surface area (Å²) in [7, 11) is 0. The Balaban J connectivity index is 3.13. The maximum Gasteiger partial charge on any atom is 0.00826 e. The number of benzene rings is 1. The fraction of sp³-hybridized carbons (Fsp3) is 0.263. The van der Waals surface area contributed by atoms with Crippen LogP contribution < -0.4 is 0 Å². The van der Waals surface area contributed by atoms with Gasteiger partial charge in [0.2, 0.25) is 0 Å². The van der Waals surface area contributed by atoms with Gasteiger partial charge in [-0.25, -0.2) is 0 Å². The Hall–Kier alpha value is -1.47. The van der Waals surface area contributed by atoms with Crippen molar-refractivity contribution in [2.75, 3.05) is 5.75 Å². The number of hydrogen-bond donors (Lipinski definition) is 1. The molecule has 0 spiro atoms. The molecule has 1 aromatic rings. The van der Waals surface area contributed by atoms with E-state index in [1.807, 2.05) is 6.92 Å². The van der Waals surface area contributed by atoms with Crippen molar-refractivity contribution in [1.82, 2.24) is 0 Å². The molecular weight excluding hydrogens is 260 g/mol. The highest BCUT2D eigenvalue weighted by Gasteiger charge is 2.03. The molecule has 1 heteroatoms. The summed E-state index contributed by atoms with van der Waals surface area (Å²) >= 11 is 4.21. The Kier molecular flexibility index (Phi) is 7.17. The molecule has 1 aromatic carbocycles. The second kappa shape index (κ2) is 8.65. The summed E-state index contributed by atoms with van der Waals surface area (Å²) < 4.78 is 0. The third-order valence-corrected chi connectivity index (χ3v) is 3.42. The summed E-state index contributed by atoms with van der Waals surface area (Å²) in [5.74, 6) is 0.782. The molecule has 0 fully saturated rings. The predicted molar refractivity (Wildman–Crippen MR) is 96.2 cm³/mol. The first-order valence-electron chi connectivity index (χ1n) is 6.94. The van der Waals surface area contributed by atoms with Crippen molar-refractivity contribution in [2.45, 2.75) is 27.2 Å². The Morgan fingerprint density at radius 1 is 1.10 bits per heavy atom. The molecule has 0 aliphatic heterocycles. The van der Waals surface area contributed by atoms with Gasteiger partial charge >= 0.3 is 0 Å². The molecule has 0 N–H and O–H groups in total. The maximum absolute atomic E-state index is 4.21. The van der Waals surface area contributed by atoms with Crippen molar-refractivity contribution >= 4 is 23.8 Å². The zero-order valence-corrected chi connectivity index (χ0v) is 13.6. The first kappa shape index (κ1) is 16.6. The number of allylic oxidation sites excluding steroid dienone is 6. The highest BCUT2D eigenvalue weighted by atomic mass is 32.1. The monoisotopic (exact) mass is 284 g/mol. The SMILES string of the molecule is C=C(C)c1ccc(/C(C/C=C/CS)=C(C)/C=C/C)cc1. The molecule has 0 aliphatic rings. The van der Waals surface area contributed by atoms with Crippen LogP contribution >= 0.6 is 12.6 Å². The third-order valence-electron chi connectivity index (χ3n) is 3.21. The summed E-state index contributed by atoms with van der Waals surface area (Å²) in [5.41, 5.74) is 6.23. The highest BCUT2D eigenvalue weighted by Crippen LogP contribution is 2.25. The first-order chi connectivity index (χ1) is 9.60. The summed E-state index contributed by atoms with van der Waals surface area (Å²) in [5, 5.41) is 0. The second-order valence-electron chi connectivity index (χ2n) is 4.88. The lowest BCUT2D eigenvalue weighted by Crippen LogP contribution is -1.89. The van der Waals surface area contributed by atoms with E-state index in [2.05, 4.69) is 81.6 Å². The third kappa shape index (κ3) is 4.90. The van der Waals surface area contributed by atoms with Crippen LogP contribution in [0.3, 0.4) is 0 Å². The molecule has 0 saturated heterocycles. The topological polar surface area (TPSA) is 0 Å². The van der Waals surface area contributed by atoms with E-state index >= 15 is 0 Å². The zero-order chi connectivity index (χ0) is 15.0. The fourth-order valence-corrected chi connectivity index (χ4v) is 2.24. The highest BCUT2D eigenvalue weighted by molar-refractivity contribution is 7.80. The molecule has 0 unspecified atom stereocenters. The Morgan fingerprint density at radius 3 is 2.20 bits per heavy atom. The number of hydrogen-bond acceptors (Lipinski definition) is 1. The van der Waals surface area contributed by atoms with Crippen molar-refractivity contribution < 1.29 is 0 Å².